The van der Waals surface area contributed by atoms with E-state index in [0.717, 1.165) is 22.9 Å². The van der Waals surface area contributed by atoms with Gasteiger partial charge in [-0.15, -0.1) is 0 Å². The third-order valence-electron chi connectivity index (χ3n) is 5.48. The van der Waals surface area contributed by atoms with E-state index in [1.807, 2.05) is 37.3 Å². The van der Waals surface area contributed by atoms with Gasteiger partial charge in [0, 0.05) is 16.8 Å². The molecule has 176 valence electrons. The van der Waals surface area contributed by atoms with Crippen molar-refractivity contribution in [3.63, 3.8) is 0 Å². The smallest absolute Gasteiger partial charge is 0.250 e. The number of hydrogen-bond acceptors (Lipinski definition) is 6. The van der Waals surface area contributed by atoms with E-state index in [1.165, 1.54) is 7.11 Å². The van der Waals surface area contributed by atoms with Crippen molar-refractivity contribution < 1.29 is 17.9 Å². The van der Waals surface area contributed by atoms with Gasteiger partial charge in [-0.05, 0) is 30.7 Å². The molecule has 1 amide bonds. The number of amides is 1. The van der Waals surface area contributed by atoms with Gasteiger partial charge in [-0.3, -0.25) is 9.52 Å². The lowest BCUT2D eigenvalue weighted by atomic mass is 10.0. The van der Waals surface area contributed by atoms with Gasteiger partial charge in [0.1, 0.15) is 5.75 Å². The van der Waals surface area contributed by atoms with Crippen LogP contribution >= 0.6 is 0 Å². The number of carbonyl (C=O) groups excluding carboxylic acids is 1. The molecule has 0 aliphatic heterocycles. The first-order valence-corrected chi connectivity index (χ1v) is 12.5. The number of primary amides is 1. The largest absolute Gasteiger partial charge is 0.494 e. The number of nitrogens with two attached hydrogens (primary N) is 1. The molecule has 0 bridgehead atoms. The summed E-state index contributed by atoms with van der Waals surface area (Å²) in [4.78, 5) is 16.7. The van der Waals surface area contributed by atoms with Crippen molar-refractivity contribution in [2.24, 2.45) is 5.73 Å². The first-order chi connectivity index (χ1) is 16.3. The number of nitrogens with one attached hydrogen (secondary N) is 2. The first-order valence-electron chi connectivity index (χ1n) is 10.9. The van der Waals surface area contributed by atoms with Crippen molar-refractivity contribution in [3.05, 3.63) is 66.2 Å². The Balaban J connectivity index is 1.80. The van der Waals surface area contributed by atoms with Crippen LogP contribution in [-0.2, 0) is 10.0 Å². The molecule has 0 fully saturated rings. The quantitative estimate of drug-likeness (QED) is 0.298. The standard InChI is InChI=1S/C25H26N4O4S/c1-3-4-14-34(31,32)29-16-12-13-21(22(15-16)33-2)28-23-17-8-5-6-11-20(17)27-24-18(23)9-7-10-19(24)25(26)30/h5-13,15,29H,3-4,14H2,1-2H3,(H2,26,30)(H,27,28). The van der Waals surface area contributed by atoms with Crippen molar-refractivity contribution in [3.8, 4) is 5.75 Å². The number of pyridine rings is 1. The summed E-state index contributed by atoms with van der Waals surface area (Å²) in [6, 6.07) is 17.9. The number of nitrogens with zero attached hydrogens (tertiary/aromatic N) is 1. The molecule has 0 atom stereocenters. The molecule has 0 aliphatic carbocycles. The van der Waals surface area contributed by atoms with Crippen molar-refractivity contribution in [1.82, 2.24) is 4.98 Å². The lowest BCUT2D eigenvalue weighted by Gasteiger charge is -2.17. The van der Waals surface area contributed by atoms with Gasteiger partial charge in [0.2, 0.25) is 10.0 Å². The third-order valence-corrected chi connectivity index (χ3v) is 6.85. The molecule has 4 rings (SSSR count). The Morgan fingerprint density at radius 2 is 1.82 bits per heavy atom. The van der Waals surface area contributed by atoms with E-state index in [2.05, 4.69) is 15.0 Å². The van der Waals surface area contributed by atoms with E-state index in [-0.39, 0.29) is 5.75 Å². The van der Waals surface area contributed by atoms with E-state index in [1.54, 1.807) is 30.3 Å². The number of hydrogen-bond donors (Lipinski definition) is 3. The van der Waals surface area contributed by atoms with Crippen molar-refractivity contribution >= 4 is 54.8 Å². The van der Waals surface area contributed by atoms with Crippen LogP contribution in [0, 0.1) is 0 Å². The molecule has 0 unspecified atom stereocenters. The van der Waals surface area contributed by atoms with Crippen molar-refractivity contribution in [1.29, 1.82) is 0 Å². The molecule has 34 heavy (non-hydrogen) atoms. The summed E-state index contributed by atoms with van der Waals surface area (Å²) in [5.74, 6) is -0.0457. The van der Waals surface area contributed by atoms with E-state index in [9.17, 15) is 13.2 Å². The molecule has 0 aliphatic rings. The number of benzene rings is 3. The number of anilines is 3. The summed E-state index contributed by atoms with van der Waals surface area (Å²) in [6.45, 7) is 1.94. The zero-order valence-corrected chi connectivity index (χ0v) is 19.8. The fraction of sp³-hybridized carbons (Fsp3) is 0.200. The Labute approximate surface area is 198 Å². The average Bonchev–Trinajstić information content (AvgIpc) is 2.82. The Kier molecular flexibility index (Phi) is 6.56. The fourth-order valence-corrected chi connectivity index (χ4v) is 5.06. The maximum absolute atomic E-state index is 12.3. The van der Waals surface area contributed by atoms with Gasteiger partial charge in [-0.25, -0.2) is 13.4 Å². The Bertz CT molecular complexity index is 1490. The topological polar surface area (TPSA) is 123 Å². The predicted octanol–water partition coefficient (Wildman–Crippen LogP) is 4.78. The number of methoxy groups -OCH3 is 1. The highest BCUT2D eigenvalue weighted by Crippen LogP contribution is 2.37. The van der Waals surface area contributed by atoms with Crippen LogP contribution in [0.4, 0.5) is 17.1 Å². The highest BCUT2D eigenvalue weighted by Gasteiger charge is 2.17. The molecule has 1 aromatic heterocycles. The zero-order valence-electron chi connectivity index (χ0n) is 19.0. The molecule has 9 heteroatoms. The summed E-state index contributed by atoms with van der Waals surface area (Å²) in [6.07, 6.45) is 1.37. The van der Waals surface area contributed by atoms with Gasteiger partial charge in [0.25, 0.3) is 5.91 Å². The van der Waals surface area contributed by atoms with Crippen molar-refractivity contribution in [2.75, 3.05) is 22.9 Å². The second-order valence-electron chi connectivity index (χ2n) is 7.88. The van der Waals surface area contributed by atoms with Gasteiger partial charge >= 0.3 is 0 Å². The number of unbranched alkanes of at least 4 members (excludes halogenated alkanes) is 1. The van der Waals surface area contributed by atoms with Gasteiger partial charge in [-0.1, -0.05) is 43.7 Å². The maximum Gasteiger partial charge on any atom is 0.250 e. The summed E-state index contributed by atoms with van der Waals surface area (Å²) < 4.78 is 32.8. The minimum atomic E-state index is -3.44. The van der Waals surface area contributed by atoms with Gasteiger partial charge in [0.05, 0.1) is 46.5 Å². The van der Waals surface area contributed by atoms with Crippen LogP contribution in [0.3, 0.4) is 0 Å². The average molecular weight is 479 g/mol. The second-order valence-corrected chi connectivity index (χ2v) is 9.73. The summed E-state index contributed by atoms with van der Waals surface area (Å²) in [5.41, 5.74) is 8.89. The third kappa shape index (κ3) is 4.74. The lowest BCUT2D eigenvalue weighted by molar-refractivity contribution is 0.100. The fourth-order valence-electron chi connectivity index (χ4n) is 3.80. The summed E-state index contributed by atoms with van der Waals surface area (Å²) in [5, 5.41) is 4.98. The van der Waals surface area contributed by atoms with Crippen molar-refractivity contribution in [2.45, 2.75) is 19.8 Å². The van der Waals surface area contributed by atoms with E-state index >= 15 is 0 Å². The maximum atomic E-state index is 12.3. The Morgan fingerprint density at radius 3 is 2.56 bits per heavy atom. The van der Waals surface area contributed by atoms with Crippen LogP contribution in [-0.4, -0.2) is 32.2 Å². The number of carbonyl (C=O) groups is 1. The predicted molar refractivity (Wildman–Crippen MR) is 136 cm³/mol. The molecule has 0 saturated carbocycles. The molecule has 4 aromatic rings. The molecule has 1 heterocycles. The molecular formula is C25H26N4O4S. The van der Waals surface area contributed by atoms with E-state index < -0.39 is 15.9 Å². The van der Waals surface area contributed by atoms with Crippen LogP contribution in [0.25, 0.3) is 21.8 Å². The molecular weight excluding hydrogens is 452 g/mol. The van der Waals surface area contributed by atoms with Crippen LogP contribution in [0.5, 0.6) is 5.75 Å². The SMILES string of the molecule is CCCCS(=O)(=O)Nc1ccc(Nc2c3ccccc3nc3c(C(N)=O)cccc23)c(OC)c1. The van der Waals surface area contributed by atoms with E-state index in [0.29, 0.717) is 40.1 Å². The minimum absolute atomic E-state index is 0.0585. The number of fused-ring (bicyclic) bond motifs is 2. The number of ether oxygens (including phenoxy) is 1. The first kappa shape index (κ1) is 23.3. The minimum Gasteiger partial charge on any atom is -0.494 e. The zero-order chi connectivity index (χ0) is 24.3. The number of sulfonamides is 1. The molecule has 0 spiro atoms. The van der Waals surface area contributed by atoms with E-state index in [4.69, 9.17) is 10.5 Å². The van der Waals surface area contributed by atoms with Crippen LogP contribution in [0.15, 0.2) is 60.7 Å². The van der Waals surface area contributed by atoms with Crippen LogP contribution in [0.2, 0.25) is 0 Å². The summed E-state index contributed by atoms with van der Waals surface area (Å²) >= 11 is 0. The normalized spacial score (nSPS) is 11.5. The molecule has 8 nitrogen and oxygen atoms in total. The number of rotatable bonds is 9. The number of para-hydroxylation sites is 2. The van der Waals surface area contributed by atoms with Crippen LogP contribution in [0.1, 0.15) is 30.1 Å². The van der Waals surface area contributed by atoms with Gasteiger partial charge < -0.3 is 15.8 Å². The monoisotopic (exact) mass is 478 g/mol. The van der Waals surface area contributed by atoms with Gasteiger partial charge in [-0.2, -0.15) is 0 Å². The highest BCUT2D eigenvalue weighted by molar-refractivity contribution is 7.92. The summed E-state index contributed by atoms with van der Waals surface area (Å²) in [7, 11) is -1.92. The Hall–Kier alpha value is -3.85. The highest BCUT2D eigenvalue weighted by atomic mass is 32.2. The second kappa shape index (κ2) is 9.56. The number of aromatic nitrogens is 1. The molecule has 4 N–H and O–H groups in total. The van der Waals surface area contributed by atoms with Crippen LogP contribution < -0.4 is 20.5 Å². The molecule has 3 aromatic carbocycles. The lowest BCUT2D eigenvalue weighted by Crippen LogP contribution is -2.16. The van der Waals surface area contributed by atoms with Gasteiger partial charge in [0.15, 0.2) is 0 Å². The molecule has 0 radical (unpaired) electrons. The molecule has 0 saturated heterocycles. The Morgan fingerprint density at radius 1 is 1.06 bits per heavy atom.